The van der Waals surface area contributed by atoms with Gasteiger partial charge in [-0.2, -0.15) is 5.10 Å². The van der Waals surface area contributed by atoms with Gasteiger partial charge in [-0.15, -0.1) is 0 Å². The van der Waals surface area contributed by atoms with Crippen LogP contribution in [0.25, 0.3) is 0 Å². The van der Waals surface area contributed by atoms with E-state index in [1.54, 1.807) is 6.20 Å². The van der Waals surface area contributed by atoms with Gasteiger partial charge < -0.3 is 5.73 Å². The van der Waals surface area contributed by atoms with Crippen molar-refractivity contribution in [1.82, 2.24) is 9.78 Å². The number of hydrogen-bond acceptors (Lipinski definition) is 2. The highest BCUT2D eigenvalue weighted by atomic mass is 16.1. The molecule has 1 amide bonds. The third kappa shape index (κ3) is 3.08. The molecule has 0 aliphatic heterocycles. The Balaban J connectivity index is 2.69. The third-order valence-electron chi connectivity index (χ3n) is 2.62. The molecule has 1 unspecified atom stereocenters. The largest absolute Gasteiger partial charge is 0.366 e. The second-order valence-electron chi connectivity index (χ2n) is 3.78. The molecule has 4 nitrogen and oxygen atoms in total. The van der Waals surface area contributed by atoms with Gasteiger partial charge in [-0.05, 0) is 12.8 Å². The van der Waals surface area contributed by atoms with Crippen molar-refractivity contribution in [2.75, 3.05) is 0 Å². The van der Waals surface area contributed by atoms with Gasteiger partial charge in [0.1, 0.15) is 0 Å². The Bertz CT molecular complexity index is 319. The highest BCUT2D eigenvalue weighted by Crippen LogP contribution is 2.18. The van der Waals surface area contributed by atoms with Gasteiger partial charge in [0.15, 0.2) is 0 Å². The van der Waals surface area contributed by atoms with Crippen molar-refractivity contribution in [1.29, 1.82) is 0 Å². The SMILES string of the molecule is CCCCC(CC)n1cc(C(N)=O)cn1. The van der Waals surface area contributed by atoms with Crippen LogP contribution in [0.3, 0.4) is 0 Å². The Hall–Kier alpha value is -1.32. The first-order valence-corrected chi connectivity index (χ1v) is 5.53. The van der Waals surface area contributed by atoms with E-state index >= 15 is 0 Å². The van der Waals surface area contributed by atoms with Crippen LogP contribution in [0.5, 0.6) is 0 Å². The van der Waals surface area contributed by atoms with Gasteiger partial charge in [0, 0.05) is 6.20 Å². The number of rotatable bonds is 6. The molecule has 0 bridgehead atoms. The van der Waals surface area contributed by atoms with Crippen LogP contribution in [0, 0.1) is 0 Å². The van der Waals surface area contributed by atoms with Crippen LogP contribution in [0.2, 0.25) is 0 Å². The molecule has 1 aromatic heterocycles. The molecule has 1 aromatic rings. The lowest BCUT2D eigenvalue weighted by molar-refractivity contribution is 0.1000. The summed E-state index contributed by atoms with van der Waals surface area (Å²) in [6.07, 6.45) is 7.78. The molecular formula is C11H19N3O. The molecule has 15 heavy (non-hydrogen) atoms. The average molecular weight is 209 g/mol. The number of unbranched alkanes of at least 4 members (excludes halogenated alkanes) is 1. The second kappa shape index (κ2) is 5.53. The molecule has 4 heteroatoms. The summed E-state index contributed by atoms with van der Waals surface area (Å²) in [6.45, 7) is 4.30. The van der Waals surface area contributed by atoms with Crippen LogP contribution in [0.1, 0.15) is 55.9 Å². The van der Waals surface area contributed by atoms with Gasteiger partial charge in [0.05, 0.1) is 17.8 Å². The number of amides is 1. The molecule has 84 valence electrons. The highest BCUT2D eigenvalue weighted by molar-refractivity contribution is 5.92. The van der Waals surface area contributed by atoms with Crippen molar-refractivity contribution in [3.8, 4) is 0 Å². The number of nitrogens with zero attached hydrogens (tertiary/aromatic N) is 2. The first kappa shape index (κ1) is 11.8. The molecule has 0 aliphatic carbocycles. The summed E-state index contributed by atoms with van der Waals surface area (Å²) in [4.78, 5) is 10.9. The number of hydrogen-bond donors (Lipinski definition) is 1. The number of primary amides is 1. The van der Waals surface area contributed by atoms with Crippen molar-refractivity contribution >= 4 is 5.91 Å². The monoisotopic (exact) mass is 209 g/mol. The maximum atomic E-state index is 10.9. The summed E-state index contributed by atoms with van der Waals surface area (Å²) in [7, 11) is 0. The number of nitrogens with two attached hydrogens (primary N) is 1. The van der Waals surface area contributed by atoms with Crippen molar-refractivity contribution in [2.45, 2.75) is 45.6 Å². The molecule has 0 aliphatic rings. The van der Waals surface area contributed by atoms with Gasteiger partial charge >= 0.3 is 0 Å². The van der Waals surface area contributed by atoms with E-state index in [0.29, 0.717) is 11.6 Å². The maximum absolute atomic E-state index is 10.9. The minimum Gasteiger partial charge on any atom is -0.366 e. The predicted octanol–water partition coefficient (Wildman–Crippen LogP) is 2.12. The lowest BCUT2D eigenvalue weighted by Gasteiger charge is -2.14. The molecule has 1 atom stereocenters. The van der Waals surface area contributed by atoms with E-state index < -0.39 is 5.91 Å². The zero-order valence-corrected chi connectivity index (χ0v) is 9.44. The molecule has 1 rings (SSSR count). The molecular weight excluding hydrogens is 190 g/mol. The molecule has 0 aromatic carbocycles. The van der Waals surface area contributed by atoms with E-state index in [9.17, 15) is 4.79 Å². The van der Waals surface area contributed by atoms with Crippen LogP contribution in [-0.4, -0.2) is 15.7 Å². The number of carbonyl (C=O) groups excluding carboxylic acids is 1. The standard InChI is InChI=1S/C11H19N3O/c1-3-5-6-10(4-2)14-8-9(7-13-14)11(12)15/h7-8,10H,3-6H2,1-2H3,(H2,12,15). The minimum atomic E-state index is -0.411. The molecule has 0 fully saturated rings. The summed E-state index contributed by atoms with van der Waals surface area (Å²) in [5, 5.41) is 4.18. The van der Waals surface area contributed by atoms with Crippen LogP contribution in [-0.2, 0) is 0 Å². The lowest BCUT2D eigenvalue weighted by Crippen LogP contribution is -2.11. The summed E-state index contributed by atoms with van der Waals surface area (Å²) in [5.41, 5.74) is 5.67. The fourth-order valence-electron chi connectivity index (χ4n) is 1.63. The summed E-state index contributed by atoms with van der Waals surface area (Å²) < 4.78 is 1.86. The molecule has 0 saturated carbocycles. The quantitative estimate of drug-likeness (QED) is 0.780. The zero-order valence-electron chi connectivity index (χ0n) is 9.44. The zero-order chi connectivity index (χ0) is 11.3. The van der Waals surface area contributed by atoms with Gasteiger partial charge in [-0.25, -0.2) is 0 Å². The van der Waals surface area contributed by atoms with Crippen molar-refractivity contribution in [2.24, 2.45) is 5.73 Å². The van der Waals surface area contributed by atoms with E-state index in [4.69, 9.17) is 5.73 Å². The average Bonchev–Trinajstić information content (AvgIpc) is 2.68. The Kier molecular flexibility index (Phi) is 4.34. The maximum Gasteiger partial charge on any atom is 0.251 e. The first-order chi connectivity index (χ1) is 7.19. The van der Waals surface area contributed by atoms with Crippen molar-refractivity contribution in [3.63, 3.8) is 0 Å². The highest BCUT2D eigenvalue weighted by Gasteiger charge is 2.11. The molecule has 0 spiro atoms. The fourth-order valence-corrected chi connectivity index (χ4v) is 1.63. The smallest absolute Gasteiger partial charge is 0.251 e. The van der Waals surface area contributed by atoms with Crippen LogP contribution in [0.4, 0.5) is 0 Å². The topological polar surface area (TPSA) is 60.9 Å². The van der Waals surface area contributed by atoms with Gasteiger partial charge in [0.25, 0.3) is 5.91 Å². The minimum absolute atomic E-state index is 0.387. The Morgan fingerprint density at radius 1 is 1.60 bits per heavy atom. The Morgan fingerprint density at radius 3 is 2.80 bits per heavy atom. The molecule has 1 heterocycles. The van der Waals surface area contributed by atoms with Crippen molar-refractivity contribution in [3.05, 3.63) is 18.0 Å². The van der Waals surface area contributed by atoms with Crippen molar-refractivity contribution < 1.29 is 4.79 Å². The second-order valence-corrected chi connectivity index (χ2v) is 3.78. The van der Waals surface area contributed by atoms with E-state index in [-0.39, 0.29) is 0 Å². The van der Waals surface area contributed by atoms with E-state index in [0.717, 1.165) is 12.8 Å². The lowest BCUT2D eigenvalue weighted by atomic mass is 10.1. The van der Waals surface area contributed by atoms with Crippen LogP contribution >= 0.6 is 0 Å². The molecule has 0 saturated heterocycles. The fraction of sp³-hybridized carbons (Fsp3) is 0.636. The normalized spacial score (nSPS) is 12.7. The van der Waals surface area contributed by atoms with Gasteiger partial charge in [-0.1, -0.05) is 26.7 Å². The predicted molar refractivity (Wildman–Crippen MR) is 59.6 cm³/mol. The molecule has 2 N–H and O–H groups in total. The summed E-state index contributed by atoms with van der Waals surface area (Å²) >= 11 is 0. The number of aromatic nitrogens is 2. The van der Waals surface area contributed by atoms with Crippen LogP contribution in [0.15, 0.2) is 12.4 Å². The first-order valence-electron chi connectivity index (χ1n) is 5.53. The van der Waals surface area contributed by atoms with Gasteiger partial charge in [0.2, 0.25) is 0 Å². The van der Waals surface area contributed by atoms with E-state index in [1.165, 1.54) is 19.0 Å². The van der Waals surface area contributed by atoms with Gasteiger partial charge in [-0.3, -0.25) is 9.48 Å². The Labute approximate surface area is 90.5 Å². The van der Waals surface area contributed by atoms with Crippen LogP contribution < -0.4 is 5.73 Å². The molecule has 0 radical (unpaired) electrons. The third-order valence-corrected chi connectivity index (χ3v) is 2.62. The summed E-state index contributed by atoms with van der Waals surface area (Å²) in [5.74, 6) is -0.411. The summed E-state index contributed by atoms with van der Waals surface area (Å²) in [6, 6.07) is 0.387. The number of carbonyl (C=O) groups is 1. The Morgan fingerprint density at radius 2 is 2.33 bits per heavy atom. The van der Waals surface area contributed by atoms with E-state index in [2.05, 4.69) is 18.9 Å². The van der Waals surface area contributed by atoms with E-state index in [1.807, 2.05) is 4.68 Å².